The molecule has 0 radical (unpaired) electrons. The van der Waals surface area contributed by atoms with Gasteiger partial charge in [-0.05, 0) is 16.6 Å². The van der Waals surface area contributed by atoms with Crippen molar-refractivity contribution in [1.82, 2.24) is 0 Å². The lowest BCUT2D eigenvalue weighted by Gasteiger charge is -2.05. The summed E-state index contributed by atoms with van der Waals surface area (Å²) >= 11 is 0. The number of hydrogen-bond donors (Lipinski definition) is 1. The molecule has 0 spiro atoms. The highest BCUT2D eigenvalue weighted by molar-refractivity contribution is 5.98. The van der Waals surface area contributed by atoms with Gasteiger partial charge in [0.2, 0.25) is 0 Å². The van der Waals surface area contributed by atoms with E-state index in [1.54, 1.807) is 7.05 Å². The maximum atomic E-state index is 10.7. The third-order valence-corrected chi connectivity index (χ3v) is 2.26. The Bertz CT molecular complexity index is 480. The Labute approximate surface area is 81.7 Å². The molecule has 0 saturated carbocycles. The fraction of sp³-hybridized carbons (Fsp3) is 0.0909. The lowest BCUT2D eigenvalue weighted by Crippen LogP contribution is -1.88. The van der Waals surface area contributed by atoms with E-state index >= 15 is 0 Å². The van der Waals surface area contributed by atoms with E-state index in [1.165, 1.54) is 0 Å². The molecule has 0 aromatic heterocycles. The van der Waals surface area contributed by atoms with Gasteiger partial charge in [0, 0.05) is 12.4 Å². The maximum absolute atomic E-state index is 10.7. The molecule has 0 aliphatic carbocycles. The average molecular weight is 186 g/mol. The minimum Gasteiger partial charge on any atom is -0.386 e. The Morgan fingerprint density at radius 3 is 2.64 bits per heavy atom. The van der Waals surface area contributed by atoms with E-state index in [9.17, 15) is 4.91 Å². The second-order valence-corrected chi connectivity index (χ2v) is 3.02. The number of benzene rings is 2. The standard InChI is InChI=1S/C11H10N2O/c1-12-10-7-6-8-4-2-3-5-9(8)11(10)13-14/h2-7,12H,1H3. The number of hydrogen-bond acceptors (Lipinski definition) is 3. The molecule has 0 bridgehead atoms. The number of rotatable bonds is 2. The molecule has 0 fully saturated rings. The first-order chi connectivity index (χ1) is 6.86. The van der Waals surface area contributed by atoms with Crippen molar-refractivity contribution < 1.29 is 0 Å². The van der Waals surface area contributed by atoms with Gasteiger partial charge >= 0.3 is 0 Å². The molecule has 0 aliphatic heterocycles. The minimum absolute atomic E-state index is 0.477. The fourth-order valence-corrected chi connectivity index (χ4v) is 1.56. The van der Waals surface area contributed by atoms with Gasteiger partial charge in [0.15, 0.2) is 0 Å². The van der Waals surface area contributed by atoms with Crippen LogP contribution in [0.15, 0.2) is 41.6 Å². The Balaban J connectivity index is 2.83. The summed E-state index contributed by atoms with van der Waals surface area (Å²) in [7, 11) is 1.78. The molecule has 0 atom stereocenters. The molecule has 0 saturated heterocycles. The Hall–Kier alpha value is -1.90. The molecule has 2 aromatic rings. The number of nitrogens with zero attached hydrogens (tertiary/aromatic N) is 1. The number of anilines is 1. The molecule has 0 aliphatic rings. The van der Waals surface area contributed by atoms with Gasteiger partial charge in [0.1, 0.15) is 5.69 Å². The fourth-order valence-electron chi connectivity index (χ4n) is 1.56. The number of nitrogens with one attached hydrogen (secondary N) is 1. The predicted octanol–water partition coefficient (Wildman–Crippen LogP) is 3.28. The van der Waals surface area contributed by atoms with E-state index in [-0.39, 0.29) is 0 Å². The Morgan fingerprint density at radius 2 is 1.93 bits per heavy atom. The van der Waals surface area contributed by atoms with Crippen molar-refractivity contribution in [1.29, 1.82) is 0 Å². The highest BCUT2D eigenvalue weighted by Gasteiger charge is 2.05. The van der Waals surface area contributed by atoms with Gasteiger partial charge in [-0.3, -0.25) is 0 Å². The monoisotopic (exact) mass is 186 g/mol. The summed E-state index contributed by atoms with van der Waals surface area (Å²) < 4.78 is 0. The summed E-state index contributed by atoms with van der Waals surface area (Å²) in [4.78, 5) is 10.7. The molecule has 0 unspecified atom stereocenters. The van der Waals surface area contributed by atoms with Crippen molar-refractivity contribution in [2.75, 3.05) is 12.4 Å². The highest BCUT2D eigenvalue weighted by atomic mass is 16.3. The summed E-state index contributed by atoms with van der Waals surface area (Å²) in [6.07, 6.45) is 0. The van der Waals surface area contributed by atoms with Crippen LogP contribution in [0.5, 0.6) is 0 Å². The molecule has 1 N–H and O–H groups in total. The van der Waals surface area contributed by atoms with E-state index in [2.05, 4.69) is 10.5 Å². The van der Waals surface area contributed by atoms with E-state index in [4.69, 9.17) is 0 Å². The van der Waals surface area contributed by atoms with Crippen molar-refractivity contribution in [3.63, 3.8) is 0 Å². The number of nitroso groups, excluding NO2 is 1. The zero-order chi connectivity index (χ0) is 9.97. The zero-order valence-corrected chi connectivity index (χ0v) is 7.82. The average Bonchev–Trinajstić information content (AvgIpc) is 2.27. The van der Waals surface area contributed by atoms with Gasteiger partial charge in [-0.1, -0.05) is 30.3 Å². The first-order valence-electron chi connectivity index (χ1n) is 4.39. The van der Waals surface area contributed by atoms with Crippen LogP contribution in [0.3, 0.4) is 0 Å². The van der Waals surface area contributed by atoms with Crippen LogP contribution in [0.1, 0.15) is 0 Å². The van der Waals surface area contributed by atoms with Gasteiger partial charge < -0.3 is 5.32 Å². The van der Waals surface area contributed by atoms with Crippen molar-refractivity contribution in [3.05, 3.63) is 41.3 Å². The summed E-state index contributed by atoms with van der Waals surface area (Å²) in [6, 6.07) is 11.5. The molecule has 2 rings (SSSR count). The van der Waals surface area contributed by atoms with Crippen molar-refractivity contribution >= 4 is 22.1 Å². The van der Waals surface area contributed by atoms with Crippen LogP contribution in [0, 0.1) is 4.91 Å². The van der Waals surface area contributed by atoms with Crippen LogP contribution in [0.25, 0.3) is 10.8 Å². The largest absolute Gasteiger partial charge is 0.386 e. The third-order valence-electron chi connectivity index (χ3n) is 2.26. The molecule has 70 valence electrons. The molecular weight excluding hydrogens is 176 g/mol. The van der Waals surface area contributed by atoms with E-state index < -0.39 is 0 Å². The van der Waals surface area contributed by atoms with Gasteiger partial charge in [0.25, 0.3) is 0 Å². The van der Waals surface area contributed by atoms with Gasteiger partial charge in [-0.15, -0.1) is 4.91 Å². The third kappa shape index (κ3) is 1.23. The Morgan fingerprint density at radius 1 is 1.14 bits per heavy atom. The summed E-state index contributed by atoms with van der Waals surface area (Å²) in [5.74, 6) is 0. The van der Waals surface area contributed by atoms with Gasteiger partial charge in [-0.25, -0.2) is 0 Å². The molecule has 14 heavy (non-hydrogen) atoms. The number of fused-ring (bicyclic) bond motifs is 1. The SMILES string of the molecule is CNc1ccc2ccccc2c1N=O. The van der Waals surface area contributed by atoms with Gasteiger partial charge in [-0.2, -0.15) is 0 Å². The summed E-state index contributed by atoms with van der Waals surface area (Å²) in [5.41, 5.74) is 1.24. The van der Waals surface area contributed by atoms with Crippen molar-refractivity contribution in [3.8, 4) is 0 Å². The van der Waals surface area contributed by atoms with Crippen LogP contribution in [-0.4, -0.2) is 7.05 Å². The van der Waals surface area contributed by atoms with Crippen LogP contribution < -0.4 is 5.32 Å². The highest BCUT2D eigenvalue weighted by Crippen LogP contribution is 2.33. The lowest BCUT2D eigenvalue weighted by molar-refractivity contribution is 1.46. The van der Waals surface area contributed by atoms with Crippen LogP contribution in [0.4, 0.5) is 11.4 Å². The quantitative estimate of drug-likeness (QED) is 0.731. The molecule has 0 heterocycles. The normalized spacial score (nSPS) is 10.1. The maximum Gasteiger partial charge on any atom is 0.138 e. The minimum atomic E-state index is 0.477. The van der Waals surface area contributed by atoms with Crippen LogP contribution >= 0.6 is 0 Å². The molecule has 0 amide bonds. The molecule has 3 nitrogen and oxygen atoms in total. The Kier molecular flexibility index (Phi) is 2.14. The van der Waals surface area contributed by atoms with E-state index in [0.717, 1.165) is 16.5 Å². The first kappa shape index (κ1) is 8.69. The lowest BCUT2D eigenvalue weighted by atomic mass is 10.1. The molecular formula is C11H10N2O. The second-order valence-electron chi connectivity index (χ2n) is 3.02. The first-order valence-corrected chi connectivity index (χ1v) is 4.39. The topological polar surface area (TPSA) is 41.5 Å². The van der Waals surface area contributed by atoms with E-state index in [1.807, 2.05) is 36.4 Å². The zero-order valence-electron chi connectivity index (χ0n) is 7.82. The van der Waals surface area contributed by atoms with Crippen molar-refractivity contribution in [2.45, 2.75) is 0 Å². The van der Waals surface area contributed by atoms with E-state index in [0.29, 0.717) is 5.69 Å². The summed E-state index contributed by atoms with van der Waals surface area (Å²) in [6.45, 7) is 0. The van der Waals surface area contributed by atoms with Crippen LogP contribution in [0.2, 0.25) is 0 Å². The molecule has 2 aromatic carbocycles. The van der Waals surface area contributed by atoms with Gasteiger partial charge in [0.05, 0.1) is 5.69 Å². The summed E-state index contributed by atoms with van der Waals surface area (Å²) in [5, 5.41) is 7.91. The molecule has 3 heteroatoms. The smallest absolute Gasteiger partial charge is 0.138 e. The van der Waals surface area contributed by atoms with Crippen LogP contribution in [-0.2, 0) is 0 Å². The predicted molar refractivity (Wildman–Crippen MR) is 58.9 cm³/mol. The van der Waals surface area contributed by atoms with Crippen molar-refractivity contribution in [2.24, 2.45) is 5.18 Å². The second kappa shape index (κ2) is 3.46.